The monoisotopic (exact) mass is 514 g/mol. The molecule has 38 heavy (non-hydrogen) atoms. The van der Waals surface area contributed by atoms with Crippen molar-refractivity contribution in [1.82, 2.24) is 20.5 Å². The van der Waals surface area contributed by atoms with Crippen LogP contribution in [0.1, 0.15) is 31.2 Å². The second-order valence-electron chi connectivity index (χ2n) is 10.9. The third-order valence-corrected chi connectivity index (χ3v) is 8.35. The van der Waals surface area contributed by atoms with Gasteiger partial charge in [0.25, 0.3) is 0 Å². The van der Waals surface area contributed by atoms with Crippen LogP contribution in [-0.4, -0.2) is 80.1 Å². The summed E-state index contributed by atoms with van der Waals surface area (Å²) < 4.78 is 6.34. The Bertz CT molecular complexity index is 1280. The number of nitriles is 1. The van der Waals surface area contributed by atoms with Crippen LogP contribution < -0.4 is 21.4 Å². The van der Waals surface area contributed by atoms with Crippen molar-refractivity contribution in [3.63, 3.8) is 0 Å². The van der Waals surface area contributed by atoms with Crippen molar-refractivity contribution in [2.24, 2.45) is 10.8 Å². The number of ether oxygens (including phenoxy) is 1. The molecule has 9 nitrogen and oxygen atoms in total. The molecule has 6 rings (SSSR count). The number of hydrogen-bond acceptors (Lipinski definition) is 9. The first-order chi connectivity index (χ1) is 18.6. The van der Waals surface area contributed by atoms with E-state index in [9.17, 15) is 5.26 Å². The first-order valence-electron chi connectivity index (χ1n) is 13.9. The predicted molar refractivity (Wildman–Crippen MR) is 150 cm³/mol. The van der Waals surface area contributed by atoms with Crippen molar-refractivity contribution in [2.75, 3.05) is 50.8 Å². The summed E-state index contributed by atoms with van der Waals surface area (Å²) in [5.74, 6) is 7.19. The van der Waals surface area contributed by atoms with Gasteiger partial charge in [0.15, 0.2) is 0 Å². The first-order valence-corrected chi connectivity index (χ1v) is 13.9. The van der Waals surface area contributed by atoms with Gasteiger partial charge in [0, 0.05) is 67.2 Å². The Kier molecular flexibility index (Phi) is 7.22. The molecule has 2 saturated heterocycles. The molecule has 200 valence electrons. The number of anilines is 1. The molecule has 3 atom stereocenters. The number of hydrogen-bond donors (Lipinski definition) is 3. The van der Waals surface area contributed by atoms with Crippen molar-refractivity contribution in [3.8, 4) is 6.07 Å². The number of piperazine rings is 1. The molecule has 0 saturated carbocycles. The number of aryl methyl sites for hydroxylation is 1. The van der Waals surface area contributed by atoms with Crippen molar-refractivity contribution < 1.29 is 4.74 Å². The van der Waals surface area contributed by atoms with Gasteiger partial charge in [-0.3, -0.25) is 5.84 Å². The summed E-state index contributed by atoms with van der Waals surface area (Å²) in [6.07, 6.45) is 3.11. The maximum Gasteiger partial charge on any atom is 0.227 e. The minimum atomic E-state index is -0.448. The number of nitrogens with zero attached hydrogens (tertiary/aromatic N) is 5. The zero-order chi connectivity index (χ0) is 26.1. The predicted octanol–water partition coefficient (Wildman–Crippen LogP) is 2.44. The molecule has 4 N–H and O–H groups in total. The van der Waals surface area contributed by atoms with Crippen LogP contribution in [0.25, 0.3) is 10.8 Å². The first kappa shape index (κ1) is 25.1. The van der Waals surface area contributed by atoms with E-state index in [-0.39, 0.29) is 12.1 Å². The Labute approximate surface area is 224 Å². The van der Waals surface area contributed by atoms with E-state index in [2.05, 4.69) is 69.8 Å². The van der Waals surface area contributed by atoms with Crippen molar-refractivity contribution in [2.45, 2.75) is 51.0 Å². The second-order valence-corrected chi connectivity index (χ2v) is 10.9. The maximum absolute atomic E-state index is 9.27. The second kappa shape index (κ2) is 10.9. The summed E-state index contributed by atoms with van der Waals surface area (Å²) in [5.41, 5.74) is 5.03. The summed E-state index contributed by atoms with van der Waals surface area (Å²) in [6, 6.07) is 15.8. The van der Waals surface area contributed by atoms with Crippen molar-refractivity contribution in [1.29, 1.82) is 5.26 Å². The molecular weight excluding hydrogens is 476 g/mol. The van der Waals surface area contributed by atoms with Crippen molar-refractivity contribution in [3.05, 3.63) is 53.2 Å². The molecule has 4 aliphatic heterocycles. The topological polar surface area (TPSA) is 105 Å². The lowest BCUT2D eigenvalue weighted by atomic mass is 9.97. The van der Waals surface area contributed by atoms with E-state index in [1.165, 1.54) is 33.3 Å². The fourth-order valence-electron chi connectivity index (χ4n) is 6.34. The van der Waals surface area contributed by atoms with Crippen LogP contribution in [-0.2, 0) is 4.74 Å². The van der Waals surface area contributed by atoms with Gasteiger partial charge in [0.05, 0.1) is 25.6 Å². The van der Waals surface area contributed by atoms with Gasteiger partial charge in [0.1, 0.15) is 5.84 Å². The van der Waals surface area contributed by atoms with Gasteiger partial charge in [-0.1, -0.05) is 30.3 Å². The van der Waals surface area contributed by atoms with Gasteiger partial charge < -0.3 is 25.2 Å². The molecule has 3 unspecified atom stereocenters. The number of nitrogens with one attached hydrogen (secondary N) is 2. The lowest BCUT2D eigenvalue weighted by Gasteiger charge is -2.42. The number of rotatable bonds is 5. The fourth-order valence-corrected chi connectivity index (χ4v) is 6.34. The van der Waals surface area contributed by atoms with Crippen LogP contribution in [0.4, 0.5) is 5.69 Å². The highest BCUT2D eigenvalue weighted by molar-refractivity contribution is 6.01. The van der Waals surface area contributed by atoms with Gasteiger partial charge in [0.2, 0.25) is 6.35 Å². The Morgan fingerprint density at radius 3 is 2.84 bits per heavy atom. The number of aliphatic imine (C=N–C) groups is 1. The Balaban J connectivity index is 1.28. The largest absolute Gasteiger partial charge is 0.365 e. The number of fused-ring (bicyclic) bond motifs is 1. The molecule has 0 bridgehead atoms. The maximum atomic E-state index is 9.27. The average molecular weight is 515 g/mol. The van der Waals surface area contributed by atoms with Gasteiger partial charge in [-0.05, 0) is 43.2 Å². The van der Waals surface area contributed by atoms with E-state index < -0.39 is 6.35 Å². The standard InChI is InChI=1S/C29H38N8O/c1-20-5-2-6-21-7-3-9-26(27(20)21)35-15-11-24-25(18-35)33-29(38-19-23-8-4-14-37(23)31)34-28(24)36-16-13-32-22(17-36)10-12-30/h2-3,5-7,9,22-23,29,32-33H,4,8,10-11,13-19,31H2,1H3. The van der Waals surface area contributed by atoms with Crippen LogP contribution in [0.3, 0.4) is 0 Å². The number of hydrazine groups is 1. The third-order valence-electron chi connectivity index (χ3n) is 8.35. The molecule has 2 aromatic carbocycles. The summed E-state index contributed by atoms with van der Waals surface area (Å²) >= 11 is 0. The highest BCUT2D eigenvalue weighted by atomic mass is 16.5. The summed E-state index contributed by atoms with van der Waals surface area (Å²) in [6.45, 7) is 7.86. The Morgan fingerprint density at radius 1 is 1.16 bits per heavy atom. The van der Waals surface area contributed by atoms with Gasteiger partial charge in [-0.15, -0.1) is 0 Å². The van der Waals surface area contributed by atoms with E-state index >= 15 is 0 Å². The van der Waals surface area contributed by atoms with E-state index in [4.69, 9.17) is 15.6 Å². The minimum absolute atomic E-state index is 0.151. The molecule has 2 aromatic rings. The number of benzene rings is 2. The van der Waals surface area contributed by atoms with Gasteiger partial charge >= 0.3 is 0 Å². The van der Waals surface area contributed by atoms with E-state index in [0.717, 1.165) is 64.4 Å². The average Bonchev–Trinajstić information content (AvgIpc) is 3.35. The fraction of sp³-hybridized carbons (Fsp3) is 0.517. The van der Waals surface area contributed by atoms with Crippen molar-refractivity contribution >= 4 is 22.3 Å². The highest BCUT2D eigenvalue weighted by Gasteiger charge is 2.34. The molecule has 0 aliphatic carbocycles. The molecule has 4 aliphatic rings. The summed E-state index contributed by atoms with van der Waals surface area (Å²) in [7, 11) is 0. The van der Waals surface area contributed by atoms with E-state index in [0.29, 0.717) is 13.0 Å². The molecule has 0 aromatic heterocycles. The summed E-state index contributed by atoms with van der Waals surface area (Å²) in [5, 5.41) is 20.9. The van der Waals surface area contributed by atoms with Crippen LogP contribution in [0.5, 0.6) is 0 Å². The SMILES string of the molecule is Cc1cccc2cccc(N3CCC4=C(C3)NC(OCC3CCCN3N)N=C4N3CCNC(CC#N)C3)c12. The lowest BCUT2D eigenvalue weighted by molar-refractivity contribution is 0.00779. The summed E-state index contributed by atoms with van der Waals surface area (Å²) in [4.78, 5) is 9.93. The minimum Gasteiger partial charge on any atom is -0.365 e. The Morgan fingerprint density at radius 2 is 2.03 bits per heavy atom. The quantitative estimate of drug-likeness (QED) is 0.523. The van der Waals surface area contributed by atoms with Crippen LogP contribution >= 0.6 is 0 Å². The van der Waals surface area contributed by atoms with E-state index in [1.807, 2.05) is 5.01 Å². The lowest BCUT2D eigenvalue weighted by Crippen LogP contribution is -2.56. The molecule has 0 radical (unpaired) electrons. The molecular formula is C29H38N8O. The highest BCUT2D eigenvalue weighted by Crippen LogP contribution is 2.34. The third kappa shape index (κ3) is 4.97. The smallest absolute Gasteiger partial charge is 0.227 e. The number of amidine groups is 1. The normalized spacial score (nSPS) is 26.2. The zero-order valence-corrected chi connectivity index (χ0v) is 22.2. The van der Waals surface area contributed by atoms with E-state index in [1.54, 1.807) is 0 Å². The molecule has 0 spiro atoms. The zero-order valence-electron chi connectivity index (χ0n) is 22.2. The molecule has 4 heterocycles. The van der Waals surface area contributed by atoms with Crippen LogP contribution in [0.15, 0.2) is 52.7 Å². The molecule has 9 heteroatoms. The Hall–Kier alpha value is -3.16. The molecule has 0 amide bonds. The van der Waals surface area contributed by atoms with Gasteiger partial charge in [-0.2, -0.15) is 5.26 Å². The van der Waals surface area contributed by atoms with Crippen LogP contribution in [0, 0.1) is 18.3 Å². The van der Waals surface area contributed by atoms with Gasteiger partial charge in [-0.25, -0.2) is 10.0 Å². The number of nitrogens with two attached hydrogens (primary N) is 1. The molecule has 2 fully saturated rings. The van der Waals surface area contributed by atoms with Crippen LogP contribution in [0.2, 0.25) is 0 Å².